The molecule has 0 aromatic rings. The third-order valence-electron chi connectivity index (χ3n) is 5.14. The van der Waals surface area contributed by atoms with Crippen molar-refractivity contribution >= 4 is 11.9 Å². The molecule has 4 atom stereocenters. The summed E-state index contributed by atoms with van der Waals surface area (Å²) in [4.78, 5) is 28.4. The molecule has 3 aliphatic rings. The molecule has 0 aromatic heterocycles. The first-order valence-electron chi connectivity index (χ1n) is 7.73. The minimum Gasteiger partial charge on any atom is -0.465 e. The zero-order chi connectivity index (χ0) is 15.9. The SMILES string of the molecule is CC(=O)OC[C@@H]1[C@@H](COC(C)=O)C12ON(C)[C@@H]1CCOC[C@@H]12. The van der Waals surface area contributed by atoms with Crippen LogP contribution in [-0.4, -0.2) is 62.1 Å². The number of carbonyl (C=O) groups is 2. The van der Waals surface area contributed by atoms with Crippen molar-refractivity contribution in [2.45, 2.75) is 31.9 Å². The predicted molar refractivity (Wildman–Crippen MR) is 74.5 cm³/mol. The molecule has 124 valence electrons. The average Bonchev–Trinajstić information content (AvgIpc) is 2.98. The molecule has 0 aromatic carbocycles. The molecule has 3 fully saturated rings. The standard InChI is InChI=1S/C15H23NO6/c1-9(17)20-7-11-12(8-21-10(2)18)15(11)13-6-19-5-4-14(13)16(3)22-15/h11-14H,4-8H2,1-3H3/t11-,12-,13+,14-/m1/s1. The van der Waals surface area contributed by atoms with Crippen LogP contribution in [-0.2, 0) is 28.6 Å². The summed E-state index contributed by atoms with van der Waals surface area (Å²) in [5.74, 6) is -0.329. The molecule has 2 aliphatic heterocycles. The molecular formula is C15H23NO6. The van der Waals surface area contributed by atoms with Gasteiger partial charge < -0.3 is 14.2 Å². The molecule has 7 heteroatoms. The van der Waals surface area contributed by atoms with E-state index in [9.17, 15) is 9.59 Å². The maximum Gasteiger partial charge on any atom is 0.302 e. The summed E-state index contributed by atoms with van der Waals surface area (Å²) < 4.78 is 16.0. The first-order valence-corrected chi connectivity index (χ1v) is 7.73. The zero-order valence-corrected chi connectivity index (χ0v) is 13.2. The number of hydroxylamine groups is 2. The molecule has 0 unspecified atom stereocenters. The van der Waals surface area contributed by atoms with Crippen molar-refractivity contribution in [3.05, 3.63) is 0 Å². The molecule has 0 N–H and O–H groups in total. The van der Waals surface area contributed by atoms with Crippen molar-refractivity contribution in [1.29, 1.82) is 0 Å². The molecular weight excluding hydrogens is 290 g/mol. The molecule has 0 amide bonds. The van der Waals surface area contributed by atoms with E-state index in [-0.39, 0.29) is 29.7 Å². The Kier molecular flexibility index (Phi) is 4.13. The Morgan fingerprint density at radius 2 is 1.77 bits per heavy atom. The largest absolute Gasteiger partial charge is 0.465 e. The van der Waals surface area contributed by atoms with E-state index in [0.29, 0.717) is 25.9 Å². The normalized spacial score (nSPS) is 40.3. The Bertz CT molecular complexity index is 443. The quantitative estimate of drug-likeness (QED) is 0.695. The molecule has 22 heavy (non-hydrogen) atoms. The molecule has 0 radical (unpaired) electrons. The third-order valence-corrected chi connectivity index (χ3v) is 5.14. The van der Waals surface area contributed by atoms with Gasteiger partial charge in [-0.25, -0.2) is 0 Å². The van der Waals surface area contributed by atoms with Gasteiger partial charge in [0.05, 0.1) is 19.8 Å². The Balaban J connectivity index is 1.75. The highest BCUT2D eigenvalue weighted by Crippen LogP contribution is 2.63. The van der Waals surface area contributed by atoms with E-state index in [0.717, 1.165) is 13.0 Å². The summed E-state index contributed by atoms with van der Waals surface area (Å²) in [6.45, 7) is 4.72. The third kappa shape index (κ3) is 2.51. The fraction of sp³-hybridized carbons (Fsp3) is 0.867. The minimum atomic E-state index is -0.440. The highest BCUT2D eigenvalue weighted by Gasteiger charge is 2.76. The Hall–Kier alpha value is -1.18. The number of hydrogen-bond donors (Lipinski definition) is 0. The second kappa shape index (κ2) is 5.79. The lowest BCUT2D eigenvalue weighted by Crippen LogP contribution is -2.39. The lowest BCUT2D eigenvalue weighted by molar-refractivity contribution is -0.169. The zero-order valence-electron chi connectivity index (χ0n) is 13.2. The summed E-state index contributed by atoms with van der Waals surface area (Å²) in [6, 6.07) is 0.302. The van der Waals surface area contributed by atoms with Gasteiger partial charge in [0.2, 0.25) is 0 Å². The Morgan fingerprint density at radius 1 is 1.18 bits per heavy atom. The molecule has 3 rings (SSSR count). The lowest BCUT2D eigenvalue weighted by atomic mass is 9.88. The van der Waals surface area contributed by atoms with E-state index in [1.54, 1.807) is 0 Å². The second-order valence-corrected chi connectivity index (χ2v) is 6.35. The van der Waals surface area contributed by atoms with Gasteiger partial charge in [0.15, 0.2) is 0 Å². The molecule has 2 saturated heterocycles. The van der Waals surface area contributed by atoms with Gasteiger partial charge in [-0.2, -0.15) is 5.06 Å². The van der Waals surface area contributed by atoms with Gasteiger partial charge in [-0.05, 0) is 6.42 Å². The lowest BCUT2D eigenvalue weighted by Gasteiger charge is -2.28. The summed E-state index contributed by atoms with van der Waals surface area (Å²) in [6.07, 6.45) is 0.920. The number of ether oxygens (including phenoxy) is 3. The van der Waals surface area contributed by atoms with Gasteiger partial charge in [-0.3, -0.25) is 14.4 Å². The highest BCUT2D eigenvalue weighted by atomic mass is 16.7. The van der Waals surface area contributed by atoms with Crippen LogP contribution in [0.3, 0.4) is 0 Å². The van der Waals surface area contributed by atoms with Gasteiger partial charge in [0.1, 0.15) is 5.60 Å². The summed E-state index contributed by atoms with van der Waals surface area (Å²) in [5.41, 5.74) is -0.440. The van der Waals surface area contributed by atoms with Crippen molar-refractivity contribution in [1.82, 2.24) is 5.06 Å². The maximum absolute atomic E-state index is 11.1. The van der Waals surface area contributed by atoms with Crippen LogP contribution in [0.1, 0.15) is 20.3 Å². The van der Waals surface area contributed by atoms with E-state index in [2.05, 4.69) is 0 Å². The van der Waals surface area contributed by atoms with Crippen LogP contribution in [0.5, 0.6) is 0 Å². The van der Waals surface area contributed by atoms with Crippen LogP contribution in [0.2, 0.25) is 0 Å². The summed E-state index contributed by atoms with van der Waals surface area (Å²) >= 11 is 0. The van der Waals surface area contributed by atoms with E-state index in [4.69, 9.17) is 19.0 Å². The van der Waals surface area contributed by atoms with Gasteiger partial charge in [0.25, 0.3) is 0 Å². The monoisotopic (exact) mass is 313 g/mol. The molecule has 2 heterocycles. The van der Waals surface area contributed by atoms with Crippen LogP contribution in [0.25, 0.3) is 0 Å². The van der Waals surface area contributed by atoms with Crippen molar-refractivity contribution < 1.29 is 28.6 Å². The smallest absolute Gasteiger partial charge is 0.302 e. The number of hydrogen-bond acceptors (Lipinski definition) is 7. The maximum atomic E-state index is 11.1. The topological polar surface area (TPSA) is 74.3 Å². The highest BCUT2D eigenvalue weighted by molar-refractivity contribution is 5.66. The minimum absolute atomic E-state index is 0.0369. The van der Waals surface area contributed by atoms with Crippen molar-refractivity contribution in [2.75, 3.05) is 33.5 Å². The fourth-order valence-electron chi connectivity index (χ4n) is 4.10. The van der Waals surface area contributed by atoms with Crippen molar-refractivity contribution in [2.24, 2.45) is 17.8 Å². The first-order chi connectivity index (χ1) is 10.5. The van der Waals surface area contributed by atoms with E-state index >= 15 is 0 Å². The number of carbonyl (C=O) groups excluding carboxylic acids is 2. The predicted octanol–water partition coefficient (Wildman–Crippen LogP) is 0.380. The molecule has 0 bridgehead atoms. The number of rotatable bonds is 4. The fourth-order valence-corrected chi connectivity index (χ4v) is 4.10. The van der Waals surface area contributed by atoms with Gasteiger partial charge in [0, 0.05) is 51.3 Å². The van der Waals surface area contributed by atoms with E-state index < -0.39 is 5.60 Å². The number of esters is 2. The van der Waals surface area contributed by atoms with Crippen LogP contribution in [0.15, 0.2) is 0 Å². The van der Waals surface area contributed by atoms with Crippen LogP contribution >= 0.6 is 0 Å². The first kappa shape index (κ1) is 15.7. The van der Waals surface area contributed by atoms with E-state index in [1.807, 2.05) is 12.1 Å². The summed E-state index contributed by atoms with van der Waals surface area (Å²) in [5, 5.41) is 1.90. The molecule has 1 spiro atoms. The van der Waals surface area contributed by atoms with Crippen molar-refractivity contribution in [3.63, 3.8) is 0 Å². The Labute approximate surface area is 129 Å². The van der Waals surface area contributed by atoms with Gasteiger partial charge >= 0.3 is 11.9 Å². The Morgan fingerprint density at radius 3 is 2.32 bits per heavy atom. The second-order valence-electron chi connectivity index (χ2n) is 6.35. The van der Waals surface area contributed by atoms with Crippen LogP contribution in [0, 0.1) is 17.8 Å². The molecule has 7 nitrogen and oxygen atoms in total. The number of nitrogens with zero attached hydrogens (tertiary/aromatic N) is 1. The summed E-state index contributed by atoms with van der Waals surface area (Å²) in [7, 11) is 1.93. The van der Waals surface area contributed by atoms with E-state index in [1.165, 1.54) is 13.8 Å². The average molecular weight is 313 g/mol. The molecule has 1 saturated carbocycles. The van der Waals surface area contributed by atoms with Crippen LogP contribution in [0.4, 0.5) is 0 Å². The molecule has 1 aliphatic carbocycles. The van der Waals surface area contributed by atoms with Gasteiger partial charge in [-0.15, -0.1) is 0 Å². The number of fused-ring (bicyclic) bond motifs is 2. The van der Waals surface area contributed by atoms with Crippen molar-refractivity contribution in [3.8, 4) is 0 Å². The van der Waals surface area contributed by atoms with Gasteiger partial charge in [-0.1, -0.05) is 0 Å². The van der Waals surface area contributed by atoms with Crippen LogP contribution < -0.4 is 0 Å².